The molecule has 0 aromatic heterocycles. The van der Waals surface area contributed by atoms with E-state index in [1.54, 1.807) is 0 Å². The fraction of sp³-hybridized carbons (Fsp3) is 0.423. The topological polar surface area (TPSA) is 35.5 Å². The molecule has 29 heavy (non-hydrogen) atoms. The Balaban J connectivity index is 1.40. The summed E-state index contributed by atoms with van der Waals surface area (Å²) in [6, 6.07) is 17.0. The van der Waals surface area contributed by atoms with Gasteiger partial charge in [0.2, 0.25) is 0 Å². The quantitative estimate of drug-likeness (QED) is 0.351. The van der Waals surface area contributed by atoms with Crippen LogP contribution in [0.25, 0.3) is 11.6 Å². The van der Waals surface area contributed by atoms with Gasteiger partial charge in [0.25, 0.3) is 0 Å². The first-order valence-electron chi connectivity index (χ1n) is 10.9. The molecule has 1 aliphatic rings. The lowest BCUT2D eigenvalue weighted by Gasteiger charge is -2.18. The number of fused-ring (bicyclic) bond motifs is 1. The Morgan fingerprint density at radius 3 is 2.59 bits per heavy atom. The molecule has 0 heterocycles. The van der Waals surface area contributed by atoms with Gasteiger partial charge in [0.05, 0.1) is 19.1 Å². The third kappa shape index (κ3) is 6.22. The fourth-order valence-corrected chi connectivity index (χ4v) is 3.49. The van der Waals surface area contributed by atoms with Gasteiger partial charge in [-0.3, -0.25) is 4.79 Å². The number of unbranched alkanes of at least 4 members (excludes halogenated alkanes) is 2. The SMILES string of the molecule is CCC(C)C(=O)OCCCCCOc1ccc2c(c1)CCC(c1ccccc1)=C2. The molecule has 154 valence electrons. The van der Waals surface area contributed by atoms with E-state index in [0.29, 0.717) is 13.2 Å². The van der Waals surface area contributed by atoms with Crippen LogP contribution in [-0.4, -0.2) is 19.2 Å². The van der Waals surface area contributed by atoms with E-state index in [4.69, 9.17) is 9.47 Å². The van der Waals surface area contributed by atoms with E-state index in [1.165, 1.54) is 22.3 Å². The minimum Gasteiger partial charge on any atom is -0.494 e. The highest BCUT2D eigenvalue weighted by molar-refractivity contribution is 5.84. The maximum atomic E-state index is 11.6. The van der Waals surface area contributed by atoms with Crippen LogP contribution >= 0.6 is 0 Å². The maximum Gasteiger partial charge on any atom is 0.308 e. The third-order valence-electron chi connectivity index (χ3n) is 5.57. The molecule has 0 spiro atoms. The molecule has 2 aromatic rings. The number of hydrogen-bond donors (Lipinski definition) is 0. The summed E-state index contributed by atoms with van der Waals surface area (Å²) in [6.45, 7) is 5.12. The normalized spacial score (nSPS) is 13.9. The number of hydrogen-bond acceptors (Lipinski definition) is 3. The Morgan fingerprint density at radius 1 is 1.00 bits per heavy atom. The van der Waals surface area contributed by atoms with E-state index in [2.05, 4.69) is 54.6 Å². The minimum absolute atomic E-state index is 0.000888. The van der Waals surface area contributed by atoms with Crippen LogP contribution in [0.4, 0.5) is 0 Å². The zero-order chi connectivity index (χ0) is 20.5. The van der Waals surface area contributed by atoms with Gasteiger partial charge in [0.15, 0.2) is 0 Å². The van der Waals surface area contributed by atoms with E-state index < -0.39 is 0 Å². The molecule has 3 nitrogen and oxygen atoms in total. The Bertz CT molecular complexity index is 823. The fourth-order valence-electron chi connectivity index (χ4n) is 3.49. The van der Waals surface area contributed by atoms with Crippen LogP contribution in [-0.2, 0) is 16.0 Å². The Morgan fingerprint density at radius 2 is 1.79 bits per heavy atom. The molecule has 0 bridgehead atoms. The van der Waals surface area contributed by atoms with Gasteiger partial charge >= 0.3 is 5.97 Å². The van der Waals surface area contributed by atoms with Crippen molar-refractivity contribution >= 4 is 17.6 Å². The van der Waals surface area contributed by atoms with Crippen molar-refractivity contribution in [2.45, 2.75) is 52.4 Å². The molecule has 0 fully saturated rings. The summed E-state index contributed by atoms with van der Waals surface area (Å²) in [4.78, 5) is 11.6. The zero-order valence-corrected chi connectivity index (χ0v) is 17.7. The molecule has 0 saturated carbocycles. The third-order valence-corrected chi connectivity index (χ3v) is 5.57. The zero-order valence-electron chi connectivity index (χ0n) is 17.7. The van der Waals surface area contributed by atoms with Crippen LogP contribution in [0.5, 0.6) is 5.75 Å². The molecule has 0 N–H and O–H groups in total. The molecule has 2 aromatic carbocycles. The van der Waals surface area contributed by atoms with E-state index >= 15 is 0 Å². The van der Waals surface area contributed by atoms with Crippen molar-refractivity contribution in [2.24, 2.45) is 5.92 Å². The number of carbonyl (C=O) groups excluding carboxylic acids is 1. The first-order valence-corrected chi connectivity index (χ1v) is 10.9. The molecule has 1 atom stereocenters. The lowest BCUT2D eigenvalue weighted by Crippen LogP contribution is -2.14. The number of allylic oxidation sites excluding steroid dienone is 1. The molecule has 0 aliphatic heterocycles. The van der Waals surface area contributed by atoms with E-state index in [9.17, 15) is 4.79 Å². The van der Waals surface area contributed by atoms with Gasteiger partial charge in [-0.1, -0.05) is 56.3 Å². The summed E-state index contributed by atoms with van der Waals surface area (Å²) in [5, 5.41) is 0. The van der Waals surface area contributed by atoms with Crippen molar-refractivity contribution in [3.63, 3.8) is 0 Å². The second-order valence-corrected chi connectivity index (χ2v) is 7.78. The van der Waals surface area contributed by atoms with Crippen molar-refractivity contribution in [2.75, 3.05) is 13.2 Å². The predicted molar refractivity (Wildman–Crippen MR) is 119 cm³/mol. The highest BCUT2D eigenvalue weighted by Gasteiger charge is 2.13. The minimum atomic E-state index is -0.0812. The van der Waals surface area contributed by atoms with Crippen molar-refractivity contribution in [1.29, 1.82) is 0 Å². The molecular formula is C26H32O3. The monoisotopic (exact) mass is 392 g/mol. The molecule has 0 amide bonds. The second-order valence-electron chi connectivity index (χ2n) is 7.78. The Hall–Kier alpha value is -2.55. The number of benzene rings is 2. The van der Waals surface area contributed by atoms with Crippen LogP contribution in [0.15, 0.2) is 48.5 Å². The molecule has 1 aliphatic carbocycles. The van der Waals surface area contributed by atoms with Crippen LogP contribution in [0.3, 0.4) is 0 Å². The van der Waals surface area contributed by atoms with Crippen LogP contribution in [0.2, 0.25) is 0 Å². The van der Waals surface area contributed by atoms with Crippen molar-refractivity contribution < 1.29 is 14.3 Å². The molecule has 3 heteroatoms. The van der Waals surface area contributed by atoms with Crippen LogP contribution in [0.1, 0.15) is 62.6 Å². The smallest absolute Gasteiger partial charge is 0.308 e. The highest BCUT2D eigenvalue weighted by Crippen LogP contribution is 2.32. The molecule has 0 saturated heterocycles. The second kappa shape index (κ2) is 10.8. The number of rotatable bonds is 10. The van der Waals surface area contributed by atoms with Crippen LogP contribution < -0.4 is 4.74 Å². The van der Waals surface area contributed by atoms with E-state index in [0.717, 1.165) is 44.3 Å². The molecule has 3 rings (SSSR count). The summed E-state index contributed by atoms with van der Waals surface area (Å²) in [5.41, 5.74) is 5.37. The summed E-state index contributed by atoms with van der Waals surface area (Å²) >= 11 is 0. The van der Waals surface area contributed by atoms with Gasteiger partial charge in [-0.25, -0.2) is 0 Å². The summed E-state index contributed by atoms with van der Waals surface area (Å²) < 4.78 is 11.2. The number of aryl methyl sites for hydroxylation is 1. The molecule has 0 radical (unpaired) electrons. The van der Waals surface area contributed by atoms with Gasteiger partial charge in [0.1, 0.15) is 5.75 Å². The Kier molecular flexibility index (Phi) is 7.92. The van der Waals surface area contributed by atoms with E-state index in [-0.39, 0.29) is 11.9 Å². The summed E-state index contributed by atoms with van der Waals surface area (Å²) in [6.07, 6.45) is 8.11. The van der Waals surface area contributed by atoms with Gasteiger partial charge in [-0.15, -0.1) is 0 Å². The summed E-state index contributed by atoms with van der Waals surface area (Å²) in [5.74, 6) is 0.867. The predicted octanol–water partition coefficient (Wildman–Crippen LogP) is 6.31. The average Bonchev–Trinajstić information content (AvgIpc) is 2.77. The highest BCUT2D eigenvalue weighted by atomic mass is 16.5. The van der Waals surface area contributed by atoms with Crippen LogP contribution in [0, 0.1) is 5.92 Å². The largest absolute Gasteiger partial charge is 0.494 e. The van der Waals surface area contributed by atoms with Crippen molar-refractivity contribution in [1.82, 2.24) is 0 Å². The van der Waals surface area contributed by atoms with E-state index in [1.807, 2.05) is 13.8 Å². The van der Waals surface area contributed by atoms with Crippen molar-refractivity contribution in [3.05, 3.63) is 65.2 Å². The molecule has 1 unspecified atom stereocenters. The standard InChI is InChI=1S/C26H32O3/c1-3-20(2)26(27)29-17-9-5-8-16-28-25-15-14-23-18-22(12-13-24(23)19-25)21-10-6-4-7-11-21/h4,6-7,10-11,14-15,18-20H,3,5,8-9,12-13,16-17H2,1-2H3. The Labute approximate surface area is 174 Å². The van der Waals surface area contributed by atoms with Gasteiger partial charge in [-0.05, 0) is 72.9 Å². The van der Waals surface area contributed by atoms with Gasteiger partial charge < -0.3 is 9.47 Å². The average molecular weight is 393 g/mol. The first kappa shape index (κ1) is 21.2. The first-order chi connectivity index (χ1) is 14.2. The maximum absolute atomic E-state index is 11.6. The lowest BCUT2D eigenvalue weighted by molar-refractivity contribution is -0.148. The van der Waals surface area contributed by atoms with Crippen molar-refractivity contribution in [3.8, 4) is 5.75 Å². The van der Waals surface area contributed by atoms with Gasteiger partial charge in [0, 0.05) is 0 Å². The number of ether oxygens (including phenoxy) is 2. The van der Waals surface area contributed by atoms with Gasteiger partial charge in [-0.2, -0.15) is 0 Å². The molecular weight excluding hydrogens is 360 g/mol. The summed E-state index contributed by atoms with van der Waals surface area (Å²) in [7, 11) is 0. The number of esters is 1. The number of carbonyl (C=O) groups is 1. The lowest BCUT2D eigenvalue weighted by atomic mass is 9.88.